The van der Waals surface area contributed by atoms with E-state index in [1.807, 2.05) is 27.2 Å². The number of phosphoric ester groups is 1. The van der Waals surface area contributed by atoms with Gasteiger partial charge in [0.25, 0.3) is 7.82 Å². The number of quaternary nitrogens is 1. The van der Waals surface area contributed by atoms with Crippen LogP contribution in [0.3, 0.4) is 0 Å². The molecule has 0 N–H and O–H groups in total. The lowest BCUT2D eigenvalue weighted by molar-refractivity contribution is -0.870. The molecular weight excluding hydrogens is 685 g/mol. The van der Waals surface area contributed by atoms with E-state index >= 15 is 0 Å². The smallest absolute Gasteiger partial charge is 0.306 e. The molecule has 0 bridgehead atoms. The summed E-state index contributed by atoms with van der Waals surface area (Å²) < 4.78 is 34.3. The van der Waals surface area contributed by atoms with Crippen molar-refractivity contribution in [3.05, 3.63) is 109 Å². The first-order valence-corrected chi connectivity index (χ1v) is 21.1. The molecule has 0 aromatic carbocycles. The summed E-state index contributed by atoms with van der Waals surface area (Å²) in [6.07, 6.45) is 49.9. The maximum atomic E-state index is 12.6. The molecule has 0 aromatic rings. The Bertz CT molecular complexity index is 1200. The van der Waals surface area contributed by atoms with Crippen molar-refractivity contribution in [2.24, 2.45) is 0 Å². The Morgan fingerprint density at radius 3 is 1.47 bits per heavy atom. The predicted octanol–water partition coefficient (Wildman–Crippen LogP) is 10.6. The molecule has 0 aliphatic heterocycles. The lowest BCUT2D eigenvalue weighted by atomic mass is 10.2. The first-order chi connectivity index (χ1) is 25.6. The molecule has 0 spiro atoms. The number of carbonyl (C=O) groups is 1. The van der Waals surface area contributed by atoms with Crippen LogP contribution in [-0.2, 0) is 27.9 Å². The average molecular weight is 758 g/mol. The highest BCUT2D eigenvalue weighted by Gasteiger charge is 2.20. The summed E-state index contributed by atoms with van der Waals surface area (Å²) in [6.45, 7) is 4.84. The number of hydrogen-bond donors (Lipinski definition) is 0. The number of carbonyl (C=O) groups excluding carboxylic acids is 1. The number of unbranched alkanes of at least 4 members (excludes halogenated alkanes) is 2. The molecule has 0 aromatic heterocycles. The highest BCUT2D eigenvalue weighted by Crippen LogP contribution is 2.38. The van der Waals surface area contributed by atoms with Crippen molar-refractivity contribution >= 4 is 13.8 Å². The molecule has 300 valence electrons. The summed E-state index contributed by atoms with van der Waals surface area (Å²) in [5, 5.41) is 0. The topological polar surface area (TPSA) is 94.1 Å². The van der Waals surface area contributed by atoms with Gasteiger partial charge in [-0.05, 0) is 83.5 Å². The average Bonchev–Trinajstić information content (AvgIpc) is 3.11. The van der Waals surface area contributed by atoms with Crippen LogP contribution >= 0.6 is 7.82 Å². The maximum Gasteiger partial charge on any atom is 0.306 e. The van der Waals surface area contributed by atoms with Crippen LogP contribution in [0.1, 0.15) is 104 Å². The molecule has 0 amide bonds. The third-order valence-electron chi connectivity index (χ3n) is 7.34. The van der Waals surface area contributed by atoms with Crippen LogP contribution in [-0.4, -0.2) is 70.7 Å². The Kier molecular flexibility index (Phi) is 34.2. The first kappa shape index (κ1) is 50.2. The molecule has 2 unspecified atom stereocenters. The molecule has 2 atom stereocenters. The normalized spacial score (nSPS) is 15.1. The predicted molar refractivity (Wildman–Crippen MR) is 221 cm³/mol. The third-order valence-corrected chi connectivity index (χ3v) is 8.30. The molecule has 9 heteroatoms. The number of ether oxygens (including phenoxy) is 2. The summed E-state index contributed by atoms with van der Waals surface area (Å²) in [7, 11) is 1.26. The van der Waals surface area contributed by atoms with Crippen molar-refractivity contribution in [3.63, 3.8) is 0 Å². The second-order valence-electron chi connectivity index (χ2n) is 13.5. The Morgan fingerprint density at radius 1 is 0.585 bits per heavy atom. The molecule has 0 saturated carbocycles. The van der Waals surface area contributed by atoms with E-state index in [1.165, 1.54) is 0 Å². The van der Waals surface area contributed by atoms with Crippen molar-refractivity contribution < 1.29 is 37.3 Å². The number of hydrogen-bond acceptors (Lipinski definition) is 7. The summed E-state index contributed by atoms with van der Waals surface area (Å²) in [5.41, 5.74) is 0. The van der Waals surface area contributed by atoms with Gasteiger partial charge in [0.05, 0.1) is 41.0 Å². The SMILES string of the molecule is CC/C=C\C/C=C\C/C=C\C/C=C\C/C=C\CCOCC(COP(=O)([O-])OCC[N+](C)(C)C)OC(=O)CCCC/C=C\C/C=C\C/C=C\C/C=C\CC. The zero-order chi connectivity index (χ0) is 39.1. The van der Waals surface area contributed by atoms with Gasteiger partial charge >= 0.3 is 5.97 Å². The highest BCUT2D eigenvalue weighted by atomic mass is 31.2. The second kappa shape index (κ2) is 36.2. The number of rotatable bonds is 34. The van der Waals surface area contributed by atoms with E-state index in [4.69, 9.17) is 18.5 Å². The molecule has 0 aliphatic rings. The van der Waals surface area contributed by atoms with Crippen LogP contribution in [0.4, 0.5) is 0 Å². The summed E-state index contributed by atoms with van der Waals surface area (Å²) in [4.78, 5) is 24.9. The number of likely N-dealkylation sites (N-methyl/N-ethyl adjacent to an activating group) is 1. The number of nitrogens with zero attached hydrogens (tertiary/aromatic N) is 1. The molecule has 0 aliphatic carbocycles. The molecular formula is C44H72NO7P. The van der Waals surface area contributed by atoms with Crippen LogP contribution in [0, 0.1) is 0 Å². The van der Waals surface area contributed by atoms with E-state index in [0.717, 1.165) is 70.6 Å². The minimum absolute atomic E-state index is 0.00223. The number of allylic oxidation sites excluding steroid dienone is 17. The van der Waals surface area contributed by atoms with Crippen molar-refractivity contribution in [2.45, 2.75) is 110 Å². The fraction of sp³-hybridized carbons (Fsp3) is 0.568. The lowest BCUT2D eigenvalue weighted by Crippen LogP contribution is -2.37. The number of esters is 1. The first-order valence-electron chi connectivity index (χ1n) is 19.6. The largest absolute Gasteiger partial charge is 0.756 e. The molecule has 53 heavy (non-hydrogen) atoms. The van der Waals surface area contributed by atoms with E-state index in [2.05, 4.69) is 117 Å². The Morgan fingerprint density at radius 2 is 1.02 bits per heavy atom. The van der Waals surface area contributed by atoms with Crippen molar-refractivity contribution in [1.82, 2.24) is 0 Å². The zero-order valence-electron chi connectivity index (χ0n) is 33.7. The van der Waals surface area contributed by atoms with Gasteiger partial charge in [-0.25, -0.2) is 0 Å². The van der Waals surface area contributed by atoms with Gasteiger partial charge in [0.1, 0.15) is 19.3 Å². The minimum Gasteiger partial charge on any atom is -0.756 e. The molecule has 0 heterocycles. The molecule has 0 radical (unpaired) electrons. The van der Waals surface area contributed by atoms with Gasteiger partial charge in [-0.2, -0.15) is 0 Å². The van der Waals surface area contributed by atoms with Gasteiger partial charge in [-0.3, -0.25) is 9.36 Å². The van der Waals surface area contributed by atoms with Gasteiger partial charge in [0.15, 0.2) is 0 Å². The third kappa shape index (κ3) is 40.2. The minimum atomic E-state index is -4.56. The number of phosphoric acid groups is 1. The van der Waals surface area contributed by atoms with Crippen LogP contribution in [0.2, 0.25) is 0 Å². The Hall–Kier alpha value is -2.84. The van der Waals surface area contributed by atoms with E-state index in [0.29, 0.717) is 30.5 Å². The van der Waals surface area contributed by atoms with E-state index in [-0.39, 0.29) is 26.2 Å². The highest BCUT2D eigenvalue weighted by molar-refractivity contribution is 7.45. The Labute approximate surface area is 323 Å². The fourth-order valence-electron chi connectivity index (χ4n) is 4.36. The second-order valence-corrected chi connectivity index (χ2v) is 14.9. The van der Waals surface area contributed by atoms with Gasteiger partial charge in [0, 0.05) is 6.42 Å². The van der Waals surface area contributed by atoms with Gasteiger partial charge < -0.3 is 27.9 Å². The summed E-state index contributed by atoms with van der Waals surface area (Å²) in [5.74, 6) is -0.406. The van der Waals surface area contributed by atoms with E-state index in [9.17, 15) is 14.3 Å². The van der Waals surface area contributed by atoms with Crippen LogP contribution in [0.5, 0.6) is 0 Å². The van der Waals surface area contributed by atoms with Crippen molar-refractivity contribution in [3.8, 4) is 0 Å². The van der Waals surface area contributed by atoms with Crippen LogP contribution < -0.4 is 4.89 Å². The molecule has 0 fully saturated rings. The van der Waals surface area contributed by atoms with E-state index in [1.54, 1.807) is 0 Å². The quantitative estimate of drug-likeness (QED) is 0.0212. The van der Waals surface area contributed by atoms with Gasteiger partial charge in [-0.15, -0.1) is 0 Å². The van der Waals surface area contributed by atoms with Crippen molar-refractivity contribution in [2.75, 3.05) is 54.1 Å². The molecule has 0 saturated heterocycles. The van der Waals surface area contributed by atoms with E-state index < -0.39 is 19.9 Å². The monoisotopic (exact) mass is 758 g/mol. The standard InChI is InChI=1S/C44H72NO7P/c1-6-8-10-12-14-16-18-20-22-24-26-28-30-32-34-36-39-49-41-43(42-51-53(47,48)50-40-38-45(3,4)5)52-44(46)37-35-33-31-29-27-25-23-21-19-17-15-13-11-9-7-2/h8-11,14-17,20-23,26-29,32,34,43H,6-7,12-13,18-19,24-25,30-31,33,35-42H2,1-5H3/b10-8-,11-9-,16-14-,17-15-,22-20-,23-21-,28-26-,29-27-,34-32-. The summed E-state index contributed by atoms with van der Waals surface area (Å²) in [6, 6.07) is 0. The fourth-order valence-corrected chi connectivity index (χ4v) is 5.09. The Balaban J connectivity index is 4.53. The van der Waals surface area contributed by atoms with Crippen LogP contribution in [0.25, 0.3) is 0 Å². The zero-order valence-corrected chi connectivity index (χ0v) is 34.6. The van der Waals surface area contributed by atoms with Crippen LogP contribution in [0.15, 0.2) is 109 Å². The van der Waals surface area contributed by atoms with Crippen molar-refractivity contribution in [1.29, 1.82) is 0 Å². The lowest BCUT2D eigenvalue weighted by Gasteiger charge is -2.28. The summed E-state index contributed by atoms with van der Waals surface area (Å²) >= 11 is 0. The van der Waals surface area contributed by atoms with Gasteiger partial charge in [-0.1, -0.05) is 123 Å². The van der Waals surface area contributed by atoms with Gasteiger partial charge in [0.2, 0.25) is 0 Å². The molecule has 0 rings (SSSR count). The molecule has 8 nitrogen and oxygen atoms in total. The maximum absolute atomic E-state index is 12.6.